The predicted octanol–water partition coefficient (Wildman–Crippen LogP) is 3.34. The number of carbonyl (C=O) groups excluding carboxylic acids is 1. The third-order valence-corrected chi connectivity index (χ3v) is 5.88. The minimum atomic E-state index is -0.587. The number of aliphatic hydroxyl groups excluding tert-OH is 1. The molecule has 0 unspecified atom stereocenters. The highest BCUT2D eigenvalue weighted by Gasteiger charge is 2.38. The van der Waals surface area contributed by atoms with Crippen LogP contribution in [-0.2, 0) is 4.74 Å². The van der Waals surface area contributed by atoms with Gasteiger partial charge in [0, 0.05) is 23.6 Å². The molecule has 2 aromatic carbocycles. The van der Waals surface area contributed by atoms with E-state index in [4.69, 9.17) is 23.4 Å². The maximum absolute atomic E-state index is 13.7. The number of ether oxygens (including phenoxy) is 4. The molecule has 4 rings (SSSR count). The van der Waals surface area contributed by atoms with Gasteiger partial charge in [-0.2, -0.15) is 0 Å². The molecule has 1 amide bonds. The summed E-state index contributed by atoms with van der Waals surface area (Å²) in [5.41, 5.74) is 2.11. The second-order valence-corrected chi connectivity index (χ2v) is 7.57. The summed E-state index contributed by atoms with van der Waals surface area (Å²) in [7, 11) is 4.70. The Hall–Kier alpha value is -3.23. The maximum atomic E-state index is 13.7. The Morgan fingerprint density at radius 1 is 1.09 bits per heavy atom. The van der Waals surface area contributed by atoms with E-state index in [1.165, 1.54) is 0 Å². The van der Waals surface area contributed by atoms with E-state index in [1.807, 2.05) is 25.1 Å². The van der Waals surface area contributed by atoms with Crippen molar-refractivity contribution in [2.45, 2.75) is 19.1 Å². The molecule has 170 valence electrons. The lowest BCUT2D eigenvalue weighted by molar-refractivity contribution is -0.0817. The van der Waals surface area contributed by atoms with Crippen LogP contribution in [0.25, 0.3) is 11.0 Å². The van der Waals surface area contributed by atoms with Crippen molar-refractivity contribution in [1.29, 1.82) is 0 Å². The van der Waals surface area contributed by atoms with Gasteiger partial charge in [-0.3, -0.25) is 4.79 Å². The van der Waals surface area contributed by atoms with Crippen LogP contribution in [-0.4, -0.2) is 63.1 Å². The summed E-state index contributed by atoms with van der Waals surface area (Å²) in [5.74, 6) is 1.76. The van der Waals surface area contributed by atoms with Gasteiger partial charge in [-0.15, -0.1) is 0 Å². The monoisotopic (exact) mass is 441 g/mol. The van der Waals surface area contributed by atoms with Gasteiger partial charge in [0.1, 0.15) is 17.4 Å². The number of aliphatic hydroxyl groups is 1. The maximum Gasteiger partial charge on any atom is 0.290 e. The van der Waals surface area contributed by atoms with Crippen LogP contribution in [0.4, 0.5) is 0 Å². The topological polar surface area (TPSA) is 90.6 Å². The number of hydrogen-bond donors (Lipinski definition) is 1. The molecule has 0 aliphatic carbocycles. The summed E-state index contributed by atoms with van der Waals surface area (Å²) in [4.78, 5) is 15.4. The van der Waals surface area contributed by atoms with Crippen molar-refractivity contribution in [3.63, 3.8) is 0 Å². The van der Waals surface area contributed by atoms with Crippen molar-refractivity contribution in [1.82, 2.24) is 4.90 Å². The lowest BCUT2D eigenvalue weighted by atomic mass is 9.97. The smallest absolute Gasteiger partial charge is 0.290 e. The first kappa shape index (κ1) is 22.0. The van der Waals surface area contributed by atoms with E-state index in [2.05, 4.69) is 0 Å². The zero-order chi connectivity index (χ0) is 22.8. The molecule has 3 aromatic rings. The number of aryl methyl sites for hydroxylation is 1. The van der Waals surface area contributed by atoms with Gasteiger partial charge in [-0.05, 0) is 36.8 Å². The van der Waals surface area contributed by atoms with E-state index >= 15 is 0 Å². The van der Waals surface area contributed by atoms with Crippen molar-refractivity contribution in [2.75, 3.05) is 41.1 Å². The summed E-state index contributed by atoms with van der Waals surface area (Å²) in [5, 5.41) is 10.8. The fourth-order valence-corrected chi connectivity index (χ4v) is 4.21. The van der Waals surface area contributed by atoms with E-state index in [0.29, 0.717) is 36.0 Å². The Bertz CT molecular complexity index is 1120. The molecular weight excluding hydrogens is 414 g/mol. The van der Waals surface area contributed by atoms with E-state index in [1.54, 1.807) is 44.4 Å². The normalized spacial score (nSPS) is 18.6. The molecule has 1 saturated heterocycles. The van der Waals surface area contributed by atoms with Crippen LogP contribution in [0, 0.1) is 6.92 Å². The van der Waals surface area contributed by atoms with E-state index in [-0.39, 0.29) is 18.3 Å². The van der Waals surface area contributed by atoms with Gasteiger partial charge in [0.25, 0.3) is 5.91 Å². The molecular formula is C24H27NO7. The van der Waals surface area contributed by atoms with Crippen LogP contribution in [0.2, 0.25) is 0 Å². The summed E-state index contributed by atoms with van der Waals surface area (Å²) in [6.07, 6.45) is -0.587. The first-order valence-corrected chi connectivity index (χ1v) is 10.3. The van der Waals surface area contributed by atoms with Crippen molar-refractivity contribution in [3.8, 4) is 17.2 Å². The van der Waals surface area contributed by atoms with Crippen LogP contribution in [0.3, 0.4) is 0 Å². The fraction of sp³-hybridized carbons (Fsp3) is 0.375. The summed E-state index contributed by atoms with van der Waals surface area (Å²) < 4.78 is 27.8. The highest BCUT2D eigenvalue weighted by molar-refractivity contribution is 5.99. The standard InChI is InChI=1S/C24H27NO7/c1-14-17-7-6-16(28-2)12-19(17)32-23(14)24(27)25-9-10-31-21(13-26)22(25)15-5-8-18(29-3)20(11-15)30-4/h5-8,11-12,21-22,26H,9-10,13H2,1-4H3/t21-,22-/m1/s1. The van der Waals surface area contributed by atoms with E-state index in [9.17, 15) is 9.90 Å². The number of furan rings is 1. The van der Waals surface area contributed by atoms with Crippen molar-refractivity contribution >= 4 is 16.9 Å². The molecule has 8 nitrogen and oxygen atoms in total. The lowest BCUT2D eigenvalue weighted by Gasteiger charge is -2.40. The highest BCUT2D eigenvalue weighted by atomic mass is 16.5. The molecule has 1 aromatic heterocycles. The van der Waals surface area contributed by atoms with Gasteiger partial charge in [0.2, 0.25) is 0 Å². The molecule has 2 atom stereocenters. The summed E-state index contributed by atoms with van der Waals surface area (Å²) >= 11 is 0. The molecule has 1 fully saturated rings. The molecule has 0 radical (unpaired) electrons. The quantitative estimate of drug-likeness (QED) is 0.627. The van der Waals surface area contributed by atoms with Gasteiger partial charge < -0.3 is 33.4 Å². The third kappa shape index (κ3) is 3.76. The van der Waals surface area contributed by atoms with E-state index < -0.39 is 12.1 Å². The van der Waals surface area contributed by atoms with Gasteiger partial charge in [0.05, 0.1) is 40.6 Å². The molecule has 0 saturated carbocycles. The van der Waals surface area contributed by atoms with Gasteiger partial charge >= 0.3 is 0 Å². The van der Waals surface area contributed by atoms with Crippen molar-refractivity contribution in [3.05, 3.63) is 53.3 Å². The fourth-order valence-electron chi connectivity index (χ4n) is 4.21. The van der Waals surface area contributed by atoms with Crippen LogP contribution in [0.5, 0.6) is 17.2 Å². The van der Waals surface area contributed by atoms with E-state index in [0.717, 1.165) is 16.5 Å². The number of rotatable bonds is 6. The number of nitrogens with zero attached hydrogens (tertiary/aromatic N) is 1. The minimum absolute atomic E-state index is 0.237. The molecule has 0 spiro atoms. The largest absolute Gasteiger partial charge is 0.497 e. The van der Waals surface area contributed by atoms with Gasteiger partial charge in [-0.1, -0.05) is 6.07 Å². The zero-order valence-electron chi connectivity index (χ0n) is 18.6. The number of morpholine rings is 1. The van der Waals surface area contributed by atoms with Crippen molar-refractivity contribution < 1.29 is 33.3 Å². The Kier molecular flexibility index (Phi) is 6.25. The Morgan fingerprint density at radius 2 is 1.88 bits per heavy atom. The number of hydrogen-bond acceptors (Lipinski definition) is 7. The Balaban J connectivity index is 1.76. The Labute approximate surface area is 186 Å². The third-order valence-electron chi connectivity index (χ3n) is 5.88. The average Bonchev–Trinajstić information content (AvgIpc) is 3.17. The molecule has 32 heavy (non-hydrogen) atoms. The molecule has 2 heterocycles. The molecule has 1 N–H and O–H groups in total. The van der Waals surface area contributed by atoms with Gasteiger partial charge in [-0.25, -0.2) is 0 Å². The molecule has 0 bridgehead atoms. The SMILES string of the molecule is COc1ccc2c(C)c(C(=O)N3CCO[C@H](CO)[C@H]3c3ccc(OC)c(OC)c3)oc2c1. The average molecular weight is 441 g/mol. The first-order valence-electron chi connectivity index (χ1n) is 10.3. The number of carbonyl (C=O) groups is 1. The number of benzene rings is 2. The van der Waals surface area contributed by atoms with Gasteiger partial charge in [0.15, 0.2) is 17.3 Å². The summed E-state index contributed by atoms with van der Waals surface area (Å²) in [6.45, 7) is 2.29. The number of fused-ring (bicyclic) bond motifs is 1. The van der Waals surface area contributed by atoms with Crippen LogP contribution >= 0.6 is 0 Å². The Morgan fingerprint density at radius 3 is 2.56 bits per heavy atom. The van der Waals surface area contributed by atoms with Crippen LogP contribution in [0.15, 0.2) is 40.8 Å². The zero-order valence-corrected chi connectivity index (χ0v) is 18.6. The minimum Gasteiger partial charge on any atom is -0.497 e. The first-order chi connectivity index (χ1) is 15.5. The summed E-state index contributed by atoms with van der Waals surface area (Å²) in [6, 6.07) is 10.4. The number of amides is 1. The highest BCUT2D eigenvalue weighted by Crippen LogP contribution is 2.37. The van der Waals surface area contributed by atoms with Crippen molar-refractivity contribution in [2.24, 2.45) is 0 Å². The second kappa shape index (κ2) is 9.10. The molecule has 1 aliphatic heterocycles. The lowest BCUT2D eigenvalue weighted by Crippen LogP contribution is -2.49. The molecule has 1 aliphatic rings. The predicted molar refractivity (Wildman–Crippen MR) is 118 cm³/mol. The van der Waals surface area contributed by atoms with Crippen LogP contribution < -0.4 is 14.2 Å². The molecule has 8 heteroatoms. The van der Waals surface area contributed by atoms with Crippen LogP contribution in [0.1, 0.15) is 27.7 Å². The number of methoxy groups -OCH3 is 3. The second-order valence-electron chi connectivity index (χ2n) is 7.57.